The van der Waals surface area contributed by atoms with E-state index in [-0.39, 0.29) is 30.2 Å². The number of rotatable bonds is 4. The normalized spacial score (nSPS) is 13.2. The Morgan fingerprint density at radius 2 is 1.69 bits per heavy atom. The minimum atomic E-state index is -0.515. The fraction of sp³-hybridized carbons (Fsp3) is 0.263. The summed E-state index contributed by atoms with van der Waals surface area (Å²) >= 11 is 0. The zero-order valence-electron chi connectivity index (χ0n) is 14.7. The first-order valence-corrected chi connectivity index (χ1v) is 7.94. The van der Waals surface area contributed by atoms with Crippen LogP contribution in [0.25, 0.3) is 0 Å². The highest BCUT2D eigenvalue weighted by molar-refractivity contribution is 6.13. The Kier molecular flexibility index (Phi) is 4.79. The third kappa shape index (κ3) is 2.96. The van der Waals surface area contributed by atoms with Crippen LogP contribution in [0.4, 0.5) is 10.1 Å². The van der Waals surface area contributed by atoms with Gasteiger partial charge in [0.1, 0.15) is 5.82 Å². The smallest absolute Gasteiger partial charge is 0.258 e. The van der Waals surface area contributed by atoms with E-state index < -0.39 is 5.82 Å². The van der Waals surface area contributed by atoms with E-state index in [1.807, 2.05) is 0 Å². The Bertz CT molecular complexity index is 855. The van der Waals surface area contributed by atoms with Crippen molar-refractivity contribution in [2.24, 2.45) is 0 Å². The first-order chi connectivity index (χ1) is 12.5. The van der Waals surface area contributed by atoms with Crippen molar-refractivity contribution in [3.63, 3.8) is 0 Å². The molecule has 6 nitrogen and oxygen atoms in total. The number of Topliss-reactive ketones (excluding diaryl/α,β-unsaturated/α-hetero) is 1. The molecule has 2 aromatic carbocycles. The minimum Gasteiger partial charge on any atom is -0.493 e. The van der Waals surface area contributed by atoms with Crippen LogP contribution in [-0.2, 0) is 0 Å². The van der Waals surface area contributed by atoms with Crippen molar-refractivity contribution in [1.29, 1.82) is 0 Å². The van der Waals surface area contributed by atoms with Gasteiger partial charge in [-0.2, -0.15) is 0 Å². The van der Waals surface area contributed by atoms with Crippen LogP contribution >= 0.6 is 0 Å². The van der Waals surface area contributed by atoms with Crippen molar-refractivity contribution in [2.75, 3.05) is 32.8 Å². The van der Waals surface area contributed by atoms with Crippen LogP contribution in [0.3, 0.4) is 0 Å². The van der Waals surface area contributed by atoms with Crippen LogP contribution in [0.5, 0.6) is 17.2 Å². The maximum absolute atomic E-state index is 13.5. The highest BCUT2D eigenvalue weighted by Crippen LogP contribution is 2.39. The monoisotopic (exact) mass is 359 g/mol. The molecule has 136 valence electrons. The van der Waals surface area contributed by atoms with Crippen molar-refractivity contribution >= 4 is 17.4 Å². The first-order valence-electron chi connectivity index (χ1n) is 7.94. The maximum atomic E-state index is 13.5. The number of methoxy groups -OCH3 is 3. The molecule has 0 aliphatic carbocycles. The molecule has 0 saturated heterocycles. The fourth-order valence-corrected chi connectivity index (χ4v) is 3.01. The lowest BCUT2D eigenvalue weighted by Gasteiger charge is -2.29. The predicted molar refractivity (Wildman–Crippen MR) is 93.1 cm³/mol. The zero-order chi connectivity index (χ0) is 18.8. The number of hydrogen-bond donors (Lipinski definition) is 0. The maximum Gasteiger partial charge on any atom is 0.258 e. The second-order valence-corrected chi connectivity index (χ2v) is 5.71. The number of benzene rings is 2. The Labute approximate surface area is 150 Å². The summed E-state index contributed by atoms with van der Waals surface area (Å²) in [7, 11) is 4.40. The molecule has 0 spiro atoms. The standard InChI is InChI=1S/C19H18FNO5/c1-24-16-8-11(9-17(25-2)18(16)26-3)19(23)21-7-6-15(22)13-10-12(20)4-5-14(13)21/h4-5,8-10H,6-7H2,1-3H3. The molecule has 3 rings (SSSR count). The van der Waals surface area contributed by atoms with Gasteiger partial charge in [0.25, 0.3) is 5.91 Å². The van der Waals surface area contributed by atoms with Crippen molar-refractivity contribution in [3.05, 3.63) is 47.3 Å². The van der Waals surface area contributed by atoms with Gasteiger partial charge in [-0.25, -0.2) is 4.39 Å². The molecule has 1 aliphatic heterocycles. The van der Waals surface area contributed by atoms with Crippen LogP contribution < -0.4 is 19.1 Å². The van der Waals surface area contributed by atoms with E-state index in [9.17, 15) is 14.0 Å². The van der Waals surface area contributed by atoms with Crippen LogP contribution in [0.2, 0.25) is 0 Å². The van der Waals surface area contributed by atoms with Gasteiger partial charge in [-0.05, 0) is 30.3 Å². The van der Waals surface area contributed by atoms with Crippen LogP contribution in [0.15, 0.2) is 30.3 Å². The number of ketones is 1. The molecule has 0 radical (unpaired) electrons. The third-order valence-electron chi connectivity index (χ3n) is 4.27. The molecule has 0 bridgehead atoms. The molecule has 0 saturated carbocycles. The number of anilines is 1. The average Bonchev–Trinajstić information content (AvgIpc) is 2.66. The van der Waals surface area contributed by atoms with E-state index in [0.29, 0.717) is 28.5 Å². The van der Waals surface area contributed by atoms with E-state index in [1.165, 1.54) is 38.4 Å². The van der Waals surface area contributed by atoms with Gasteiger partial charge in [0.05, 0.1) is 27.0 Å². The minimum absolute atomic E-state index is 0.132. The molecular formula is C19H18FNO5. The molecule has 0 atom stereocenters. The second-order valence-electron chi connectivity index (χ2n) is 5.71. The van der Waals surface area contributed by atoms with Crippen molar-refractivity contribution < 1.29 is 28.2 Å². The van der Waals surface area contributed by atoms with Gasteiger partial charge in [0.2, 0.25) is 5.75 Å². The molecule has 1 aliphatic rings. The lowest BCUT2D eigenvalue weighted by atomic mass is 9.99. The van der Waals surface area contributed by atoms with Gasteiger partial charge >= 0.3 is 0 Å². The van der Waals surface area contributed by atoms with Gasteiger partial charge < -0.3 is 19.1 Å². The quantitative estimate of drug-likeness (QED) is 0.839. The van der Waals surface area contributed by atoms with Gasteiger partial charge in [0, 0.05) is 24.1 Å². The van der Waals surface area contributed by atoms with Crippen LogP contribution in [-0.4, -0.2) is 39.6 Å². The van der Waals surface area contributed by atoms with Gasteiger partial charge in [-0.15, -0.1) is 0 Å². The Balaban J connectivity index is 2.06. The van der Waals surface area contributed by atoms with Crippen molar-refractivity contribution in [3.8, 4) is 17.2 Å². The molecule has 0 aromatic heterocycles. The first kappa shape index (κ1) is 17.7. The predicted octanol–water partition coefficient (Wildman–Crippen LogP) is 3.08. The number of halogens is 1. The number of amides is 1. The molecule has 2 aromatic rings. The molecule has 0 fully saturated rings. The summed E-state index contributed by atoms with van der Waals surface area (Å²) in [6.45, 7) is 0.215. The summed E-state index contributed by atoms with van der Waals surface area (Å²) in [5.41, 5.74) is 0.905. The van der Waals surface area contributed by atoms with E-state index >= 15 is 0 Å². The zero-order valence-corrected chi connectivity index (χ0v) is 14.7. The molecule has 0 N–H and O–H groups in total. The second kappa shape index (κ2) is 7.03. The SMILES string of the molecule is COc1cc(C(=O)N2CCC(=O)c3cc(F)ccc32)cc(OC)c1OC. The number of hydrogen-bond acceptors (Lipinski definition) is 5. The van der Waals surface area contributed by atoms with Crippen molar-refractivity contribution in [2.45, 2.75) is 6.42 Å². The molecule has 0 unspecified atom stereocenters. The van der Waals surface area contributed by atoms with Gasteiger partial charge in [-0.1, -0.05) is 0 Å². The Hall–Kier alpha value is -3.09. The Morgan fingerprint density at radius 3 is 2.27 bits per heavy atom. The molecular weight excluding hydrogens is 341 g/mol. The summed E-state index contributed by atoms with van der Waals surface area (Å²) in [6, 6.07) is 6.92. The highest BCUT2D eigenvalue weighted by atomic mass is 19.1. The van der Waals surface area contributed by atoms with Crippen molar-refractivity contribution in [1.82, 2.24) is 0 Å². The largest absolute Gasteiger partial charge is 0.493 e. The van der Waals surface area contributed by atoms with Crippen LogP contribution in [0, 0.1) is 5.82 Å². The number of carbonyl (C=O) groups excluding carboxylic acids is 2. The summed E-state index contributed by atoms with van der Waals surface area (Å²) in [4.78, 5) is 26.6. The number of fused-ring (bicyclic) bond motifs is 1. The molecule has 1 heterocycles. The third-order valence-corrected chi connectivity index (χ3v) is 4.27. The van der Waals surface area contributed by atoms with E-state index in [2.05, 4.69) is 0 Å². The molecule has 1 amide bonds. The molecule has 26 heavy (non-hydrogen) atoms. The molecule has 7 heteroatoms. The summed E-state index contributed by atoms with van der Waals surface area (Å²) in [6.07, 6.45) is 0.132. The summed E-state index contributed by atoms with van der Waals surface area (Å²) in [5, 5.41) is 0. The van der Waals surface area contributed by atoms with E-state index in [0.717, 1.165) is 6.07 Å². The highest BCUT2D eigenvalue weighted by Gasteiger charge is 2.29. The lowest BCUT2D eigenvalue weighted by Crippen LogP contribution is -2.37. The van der Waals surface area contributed by atoms with Gasteiger partial charge in [-0.3, -0.25) is 9.59 Å². The topological polar surface area (TPSA) is 65.1 Å². The summed E-state index contributed by atoms with van der Waals surface area (Å²) < 4.78 is 29.3. The number of nitrogens with zero attached hydrogens (tertiary/aromatic N) is 1. The average molecular weight is 359 g/mol. The van der Waals surface area contributed by atoms with E-state index in [4.69, 9.17) is 14.2 Å². The number of ether oxygens (including phenoxy) is 3. The summed E-state index contributed by atoms with van der Waals surface area (Å²) in [5.74, 6) is 0.0327. The lowest BCUT2D eigenvalue weighted by molar-refractivity contribution is 0.0954. The fourth-order valence-electron chi connectivity index (χ4n) is 3.01. The Morgan fingerprint density at radius 1 is 1.04 bits per heavy atom. The van der Waals surface area contributed by atoms with E-state index in [1.54, 1.807) is 12.1 Å². The number of carbonyl (C=O) groups is 2. The van der Waals surface area contributed by atoms with Crippen LogP contribution in [0.1, 0.15) is 27.1 Å². The van der Waals surface area contributed by atoms with Gasteiger partial charge in [0.15, 0.2) is 17.3 Å².